The highest BCUT2D eigenvalue weighted by Gasteiger charge is 2.63. The lowest BCUT2D eigenvalue weighted by Crippen LogP contribution is -2.74. The van der Waals surface area contributed by atoms with Gasteiger partial charge >= 0.3 is 0 Å². The van der Waals surface area contributed by atoms with Crippen molar-refractivity contribution in [3.05, 3.63) is 217 Å². The third-order valence-electron chi connectivity index (χ3n) is 26.4. The van der Waals surface area contributed by atoms with Gasteiger partial charge in [-0.2, -0.15) is 0 Å². The van der Waals surface area contributed by atoms with Crippen molar-refractivity contribution in [1.82, 2.24) is 0 Å². The molecule has 6 heteroatoms. The van der Waals surface area contributed by atoms with Crippen LogP contribution in [0.5, 0.6) is 0 Å². The Balaban J connectivity index is 0.813. The summed E-state index contributed by atoms with van der Waals surface area (Å²) in [6.45, 7) is 0. The largest absolute Gasteiger partial charge is 0.361 e. The summed E-state index contributed by atoms with van der Waals surface area (Å²) in [4.78, 5) is 12.6. The van der Waals surface area contributed by atoms with Crippen LogP contribution in [0.2, 0.25) is 0 Å². The molecule has 4 nitrogen and oxygen atoms in total. The number of anilines is 4. The Kier molecular flexibility index (Phi) is 13.8. The van der Waals surface area contributed by atoms with Crippen molar-refractivity contribution in [2.24, 2.45) is 47.3 Å². The van der Waals surface area contributed by atoms with Gasteiger partial charge in [-0.3, -0.25) is 0 Å². The van der Waals surface area contributed by atoms with Crippen LogP contribution in [0.1, 0.15) is 139 Å². The van der Waals surface area contributed by atoms with Gasteiger partial charge in [0.1, 0.15) is 0 Å². The van der Waals surface area contributed by atoms with Crippen LogP contribution in [0.4, 0.5) is 22.7 Å². The van der Waals surface area contributed by atoms with Gasteiger partial charge in [0.15, 0.2) is 0 Å². The Labute approximate surface area is 542 Å². The molecule has 19 rings (SSSR count). The summed E-state index contributed by atoms with van der Waals surface area (Å²) in [6.07, 6.45) is 23.8. The van der Waals surface area contributed by atoms with Gasteiger partial charge in [-0.05, 0) is 221 Å². The fourth-order valence-corrected chi connectivity index (χ4v) is 25.8. The van der Waals surface area contributed by atoms with E-state index in [0.29, 0.717) is 108 Å². The van der Waals surface area contributed by atoms with E-state index < -0.39 is 0 Å². The minimum Gasteiger partial charge on any atom is -0.361 e. The van der Waals surface area contributed by atoms with Crippen LogP contribution in [0.15, 0.2) is 206 Å². The van der Waals surface area contributed by atoms with E-state index in [1.54, 1.807) is 20.5 Å². The third kappa shape index (κ3) is 8.88. The minimum absolute atomic E-state index is 0.458. The molecule has 0 bridgehead atoms. The van der Waals surface area contributed by atoms with Crippen LogP contribution in [0.3, 0.4) is 0 Å². The SMILES string of the molecule is c1ccc(N2C3CCCCC3N(c3ccccc3)C3CC4C(CC32)C2CCC(c3cccc5c3sc3ccccc35)CC2C2CC(c3cccc5c3sc3ccccc35)CCC2C2CC3C(CC24)N(c2ccccc2)C2CCCCC2N3c2ccccc2)cc1. The fourth-order valence-electron chi connectivity index (χ4n) is 23.3. The molecule has 9 aliphatic rings. The number of thiophene rings is 2. The Morgan fingerprint density at radius 1 is 0.233 bits per heavy atom. The van der Waals surface area contributed by atoms with Crippen molar-refractivity contribution in [3.8, 4) is 0 Å². The summed E-state index contributed by atoms with van der Waals surface area (Å²) < 4.78 is 6.05. The van der Waals surface area contributed by atoms with E-state index in [0.717, 1.165) is 0 Å². The predicted octanol–water partition coefficient (Wildman–Crippen LogP) is 21.3. The maximum atomic E-state index is 3.15. The molecule has 7 aliphatic carbocycles. The van der Waals surface area contributed by atoms with E-state index in [2.05, 4.69) is 249 Å². The first kappa shape index (κ1) is 55.1. The molecule has 0 amide bonds. The average molecular weight is 1220 g/mol. The lowest BCUT2D eigenvalue weighted by atomic mass is 9.45. The quantitative estimate of drug-likeness (QED) is 0.154. The van der Waals surface area contributed by atoms with Crippen LogP contribution < -0.4 is 19.6 Å². The number of benzene rings is 8. The Hall–Kier alpha value is -6.60. The topological polar surface area (TPSA) is 13.0 Å². The van der Waals surface area contributed by atoms with Crippen molar-refractivity contribution < 1.29 is 0 Å². The number of hydrogen-bond acceptors (Lipinski definition) is 6. The predicted molar refractivity (Wildman–Crippen MR) is 381 cm³/mol. The summed E-state index contributed by atoms with van der Waals surface area (Å²) in [5.74, 6) is 6.53. The van der Waals surface area contributed by atoms with Crippen molar-refractivity contribution in [1.29, 1.82) is 0 Å². The van der Waals surface area contributed by atoms with Crippen molar-refractivity contribution in [2.75, 3.05) is 19.6 Å². The molecule has 0 N–H and O–H groups in total. The number of rotatable bonds is 6. The fraction of sp³-hybridized carbons (Fsp3) is 0.429. The standard InChI is InChI=1S/C84H88N4S2/c1-5-23-55(24-6-1)85-73-37-15-17-39-75(73)87(57-27-9-3-10-28-57)79-51-71-69(49-77(79)85)61-45-43-53(59-33-21-35-65-63-31-13-19-41-81(63)89-83(59)65)47-67(61)68-48-54(60-34-22-36-66-64-32-14-20-42-82(64)90-84(60)66)44-46-62(68)70-50-78-80(52-72(70)71)88(58-29-11-4-12-30-58)76-40-18-16-38-74(76)86(78)56-25-7-2-8-26-56/h1-14,19-36,41-42,53-54,61-62,67-80H,15-18,37-40,43-52H2. The summed E-state index contributed by atoms with van der Waals surface area (Å²) in [6, 6.07) is 85.7. The van der Waals surface area contributed by atoms with Gasteiger partial charge in [0.25, 0.3) is 0 Å². The highest BCUT2D eigenvalue weighted by Crippen LogP contribution is 2.66. The molecule has 18 unspecified atom stereocenters. The zero-order chi connectivity index (χ0) is 59.0. The second-order valence-corrected chi connectivity index (χ2v) is 32.1. The highest BCUT2D eigenvalue weighted by molar-refractivity contribution is 7.26. The zero-order valence-electron chi connectivity index (χ0n) is 52.4. The molecule has 7 saturated carbocycles. The molecular formula is C84H88N4S2. The number of nitrogens with zero attached hydrogens (tertiary/aromatic N) is 4. The first-order valence-electron chi connectivity index (χ1n) is 35.8. The lowest BCUT2D eigenvalue weighted by molar-refractivity contribution is -0.0975. The van der Waals surface area contributed by atoms with Crippen LogP contribution in [0, 0.1) is 47.3 Å². The molecule has 2 aromatic heterocycles. The second kappa shape index (κ2) is 22.6. The van der Waals surface area contributed by atoms with E-state index in [-0.39, 0.29) is 0 Å². The summed E-state index contributed by atoms with van der Waals surface area (Å²) in [7, 11) is 0. The van der Waals surface area contributed by atoms with Gasteiger partial charge in [-0.25, -0.2) is 0 Å². The smallest absolute Gasteiger partial charge is 0.0500 e. The van der Waals surface area contributed by atoms with Crippen molar-refractivity contribution >= 4 is 85.8 Å². The Morgan fingerprint density at radius 3 is 0.867 bits per heavy atom. The normalized spacial score (nSPS) is 34.0. The summed E-state index contributed by atoms with van der Waals surface area (Å²) in [5, 5.41) is 5.87. The van der Waals surface area contributed by atoms with Crippen LogP contribution in [0.25, 0.3) is 40.3 Å². The van der Waals surface area contributed by atoms with Gasteiger partial charge < -0.3 is 19.6 Å². The molecular weight excluding hydrogens is 1130 g/mol. The number of fused-ring (bicyclic) bond motifs is 18. The van der Waals surface area contributed by atoms with Gasteiger partial charge in [-0.15, -0.1) is 22.7 Å². The highest BCUT2D eigenvalue weighted by atomic mass is 32.1. The monoisotopic (exact) mass is 1220 g/mol. The van der Waals surface area contributed by atoms with E-state index in [1.165, 1.54) is 169 Å². The third-order valence-corrected chi connectivity index (χ3v) is 28.8. The maximum absolute atomic E-state index is 3.15. The molecule has 8 aromatic carbocycles. The summed E-state index contributed by atoms with van der Waals surface area (Å²) >= 11 is 4.18. The van der Waals surface area contributed by atoms with E-state index in [1.807, 2.05) is 0 Å². The molecule has 0 spiro atoms. The molecule has 9 fully saturated rings. The Morgan fingerprint density at radius 2 is 0.522 bits per heavy atom. The van der Waals surface area contributed by atoms with Crippen LogP contribution >= 0.6 is 22.7 Å². The Bertz CT molecular complexity index is 3930. The number of hydrogen-bond donors (Lipinski definition) is 0. The maximum Gasteiger partial charge on any atom is 0.0500 e. The first-order chi connectivity index (χ1) is 44.7. The second-order valence-electron chi connectivity index (χ2n) is 30.0. The molecule has 18 atom stereocenters. The van der Waals surface area contributed by atoms with Crippen molar-refractivity contribution in [2.45, 2.75) is 176 Å². The zero-order valence-corrected chi connectivity index (χ0v) is 54.0. The van der Waals surface area contributed by atoms with Gasteiger partial charge in [-0.1, -0.05) is 171 Å². The van der Waals surface area contributed by atoms with Crippen LogP contribution in [-0.2, 0) is 0 Å². The molecule has 90 heavy (non-hydrogen) atoms. The molecule has 456 valence electrons. The van der Waals surface area contributed by atoms with Gasteiger partial charge in [0.2, 0.25) is 0 Å². The molecule has 2 aliphatic heterocycles. The molecule has 4 heterocycles. The summed E-state index contributed by atoms with van der Waals surface area (Å²) in [5.41, 5.74) is 9.30. The van der Waals surface area contributed by atoms with E-state index in [9.17, 15) is 0 Å². The minimum atomic E-state index is 0.458. The number of piperazine rings is 2. The van der Waals surface area contributed by atoms with Gasteiger partial charge in [0, 0.05) is 87.3 Å². The van der Waals surface area contributed by atoms with Gasteiger partial charge in [0.05, 0.1) is 24.2 Å². The number of para-hydroxylation sites is 4. The van der Waals surface area contributed by atoms with Crippen molar-refractivity contribution in [3.63, 3.8) is 0 Å². The van der Waals surface area contributed by atoms with Crippen LogP contribution in [-0.4, -0.2) is 48.3 Å². The average Bonchev–Trinajstić information content (AvgIpc) is 1.14. The van der Waals surface area contributed by atoms with E-state index in [4.69, 9.17) is 0 Å². The van der Waals surface area contributed by atoms with E-state index >= 15 is 0 Å². The first-order valence-corrected chi connectivity index (χ1v) is 37.4. The molecule has 0 radical (unpaired) electrons. The molecule has 2 saturated heterocycles. The molecule has 10 aromatic rings. The lowest BCUT2D eigenvalue weighted by Gasteiger charge is -2.68.